The van der Waals surface area contributed by atoms with Crippen molar-refractivity contribution in [3.05, 3.63) is 69.9 Å². The lowest BCUT2D eigenvalue weighted by molar-refractivity contribution is 0.671. The van der Waals surface area contributed by atoms with Crippen molar-refractivity contribution in [3.8, 4) is 0 Å². The average molecular weight is 310 g/mol. The molecule has 2 N–H and O–H groups in total. The summed E-state index contributed by atoms with van der Waals surface area (Å²) in [5.41, 5.74) is 4.14. The van der Waals surface area contributed by atoms with Gasteiger partial charge >= 0.3 is 0 Å². The van der Waals surface area contributed by atoms with Gasteiger partial charge in [-0.25, -0.2) is 8.93 Å². The first-order chi connectivity index (χ1) is 9.67. The van der Waals surface area contributed by atoms with Crippen LogP contribution in [0.15, 0.2) is 48.5 Å². The minimum absolute atomic E-state index is 0.350. The molecule has 2 aromatic rings. The predicted molar refractivity (Wildman–Crippen MR) is 83.6 cm³/mol. The average Bonchev–Trinajstić information content (AvgIpc) is 2.47. The van der Waals surface area contributed by atoms with E-state index in [1.165, 1.54) is 0 Å². The lowest BCUT2D eigenvalue weighted by Gasteiger charge is -2.11. The molecule has 20 heavy (non-hydrogen) atoms. The second-order valence-corrected chi connectivity index (χ2v) is 5.94. The van der Waals surface area contributed by atoms with Crippen molar-refractivity contribution >= 4 is 28.3 Å². The molecule has 0 heterocycles. The van der Waals surface area contributed by atoms with Gasteiger partial charge in [-0.05, 0) is 35.4 Å². The molecule has 6 heteroatoms. The molecule has 0 aliphatic heterocycles. The van der Waals surface area contributed by atoms with Gasteiger partial charge in [0, 0.05) is 17.3 Å². The fourth-order valence-electron chi connectivity index (χ4n) is 1.69. The van der Waals surface area contributed by atoms with Crippen LogP contribution in [0.5, 0.6) is 0 Å². The molecule has 0 spiro atoms. The van der Waals surface area contributed by atoms with Gasteiger partial charge < -0.3 is 10.7 Å². The van der Waals surface area contributed by atoms with Crippen LogP contribution in [0.4, 0.5) is 5.69 Å². The summed E-state index contributed by atoms with van der Waals surface area (Å²) >= 11 is 5.80. The Bertz CT molecular complexity index is 590. The standard InChI is InChI=1S/C14H14ClN2O2S/c15-13-6-4-11(5-7-13)9-16-20(19)10-12-2-1-3-14(8-12)17-18/h1-8,16-17H,9-10H2/q-1. The van der Waals surface area contributed by atoms with Crippen LogP contribution in [0.25, 0.3) is 0 Å². The Labute approximate surface area is 125 Å². The highest BCUT2D eigenvalue weighted by Gasteiger charge is 2.02. The number of anilines is 1. The monoisotopic (exact) mass is 309 g/mol. The van der Waals surface area contributed by atoms with E-state index in [1.807, 2.05) is 23.7 Å². The fraction of sp³-hybridized carbons (Fsp3) is 0.143. The lowest BCUT2D eigenvalue weighted by Crippen LogP contribution is -2.18. The van der Waals surface area contributed by atoms with Gasteiger partial charge in [0.2, 0.25) is 0 Å². The van der Waals surface area contributed by atoms with Crippen molar-refractivity contribution in [1.29, 1.82) is 0 Å². The van der Waals surface area contributed by atoms with Gasteiger partial charge in [0.25, 0.3) is 0 Å². The van der Waals surface area contributed by atoms with E-state index < -0.39 is 11.0 Å². The van der Waals surface area contributed by atoms with Crippen LogP contribution >= 0.6 is 11.6 Å². The topological polar surface area (TPSA) is 64.2 Å². The maximum atomic E-state index is 11.9. The van der Waals surface area contributed by atoms with Crippen LogP contribution in [0.1, 0.15) is 11.1 Å². The van der Waals surface area contributed by atoms with Crippen LogP contribution < -0.4 is 10.2 Å². The molecule has 0 bridgehead atoms. The highest BCUT2D eigenvalue weighted by molar-refractivity contribution is 7.82. The summed E-state index contributed by atoms with van der Waals surface area (Å²) in [5.74, 6) is 0.350. The largest absolute Gasteiger partial charge is 0.761 e. The molecule has 2 rings (SSSR count). The normalized spacial score (nSPS) is 12.1. The Kier molecular flexibility index (Phi) is 5.55. The van der Waals surface area contributed by atoms with Crippen LogP contribution in [0, 0.1) is 5.21 Å². The van der Waals surface area contributed by atoms with Crippen LogP contribution in [-0.4, -0.2) is 4.21 Å². The van der Waals surface area contributed by atoms with Crippen molar-refractivity contribution in [2.45, 2.75) is 12.3 Å². The molecule has 0 saturated carbocycles. The summed E-state index contributed by atoms with van der Waals surface area (Å²) in [7, 11) is -1.20. The zero-order chi connectivity index (χ0) is 14.4. The minimum atomic E-state index is -1.20. The summed E-state index contributed by atoms with van der Waals surface area (Å²) in [5, 5.41) is 11.2. The maximum Gasteiger partial charge on any atom is 0.0963 e. The second kappa shape index (κ2) is 7.40. The Morgan fingerprint density at radius 1 is 1.10 bits per heavy atom. The lowest BCUT2D eigenvalue weighted by atomic mass is 10.2. The first kappa shape index (κ1) is 15.0. The van der Waals surface area contributed by atoms with Crippen LogP contribution in [0.3, 0.4) is 0 Å². The minimum Gasteiger partial charge on any atom is -0.761 e. The zero-order valence-corrected chi connectivity index (χ0v) is 12.2. The second-order valence-electron chi connectivity index (χ2n) is 4.24. The molecule has 0 saturated heterocycles. The molecule has 106 valence electrons. The summed E-state index contributed by atoms with van der Waals surface area (Å²) in [4.78, 5) is 0. The van der Waals surface area contributed by atoms with Crippen LogP contribution in [-0.2, 0) is 23.3 Å². The predicted octanol–water partition coefficient (Wildman–Crippen LogP) is 3.20. The molecule has 4 nitrogen and oxygen atoms in total. The van der Waals surface area contributed by atoms with E-state index >= 15 is 0 Å². The van der Waals surface area contributed by atoms with Gasteiger partial charge in [-0.15, -0.1) is 0 Å². The molecule has 1 unspecified atom stereocenters. The Balaban J connectivity index is 1.87. The molecule has 0 amide bonds. The summed E-state index contributed by atoms with van der Waals surface area (Å²) in [6.45, 7) is 0.503. The molecular weight excluding hydrogens is 296 g/mol. The van der Waals surface area contributed by atoms with E-state index in [9.17, 15) is 9.42 Å². The van der Waals surface area contributed by atoms with E-state index in [4.69, 9.17) is 11.6 Å². The molecule has 0 aliphatic carbocycles. The first-order valence-electron chi connectivity index (χ1n) is 6.01. The third-order valence-corrected chi connectivity index (χ3v) is 4.01. The summed E-state index contributed by atoms with van der Waals surface area (Å²) in [6.07, 6.45) is 0. The number of rotatable bonds is 6. The van der Waals surface area contributed by atoms with E-state index in [0.717, 1.165) is 11.1 Å². The van der Waals surface area contributed by atoms with Gasteiger partial charge in [-0.2, -0.15) is 0 Å². The highest BCUT2D eigenvalue weighted by Crippen LogP contribution is 2.12. The molecular formula is C14H14ClN2O2S-. The van der Waals surface area contributed by atoms with Gasteiger partial charge in [0.15, 0.2) is 0 Å². The van der Waals surface area contributed by atoms with Crippen molar-refractivity contribution in [3.63, 3.8) is 0 Å². The summed E-state index contributed by atoms with van der Waals surface area (Å²) in [6, 6.07) is 14.3. The van der Waals surface area contributed by atoms with Gasteiger partial charge in [-0.3, -0.25) is 0 Å². The molecule has 0 fully saturated rings. The first-order valence-corrected chi connectivity index (χ1v) is 7.70. The number of benzene rings is 2. The Hall–Kier alpha value is -1.40. The highest BCUT2D eigenvalue weighted by atomic mass is 35.5. The van der Waals surface area contributed by atoms with Crippen molar-refractivity contribution < 1.29 is 4.21 Å². The number of halogens is 1. The zero-order valence-electron chi connectivity index (χ0n) is 10.6. The maximum absolute atomic E-state index is 11.9. The Morgan fingerprint density at radius 2 is 1.85 bits per heavy atom. The van der Waals surface area contributed by atoms with E-state index in [-0.39, 0.29) is 0 Å². The molecule has 0 aromatic heterocycles. The fourth-order valence-corrected chi connectivity index (χ4v) is 2.73. The third-order valence-electron chi connectivity index (χ3n) is 2.69. The molecule has 0 radical (unpaired) electrons. The van der Waals surface area contributed by atoms with Crippen molar-refractivity contribution in [1.82, 2.24) is 4.72 Å². The van der Waals surface area contributed by atoms with Crippen molar-refractivity contribution in [2.75, 3.05) is 5.48 Å². The SMILES string of the molecule is O=S(Cc1cccc(N[O-])c1)NCc1ccc(Cl)cc1. The number of hydrogen-bond donors (Lipinski definition) is 2. The van der Waals surface area contributed by atoms with E-state index in [0.29, 0.717) is 23.0 Å². The molecule has 0 aliphatic rings. The number of nitrogens with one attached hydrogen (secondary N) is 2. The summed E-state index contributed by atoms with van der Waals surface area (Å²) < 4.78 is 14.9. The van der Waals surface area contributed by atoms with Crippen molar-refractivity contribution in [2.24, 2.45) is 0 Å². The van der Waals surface area contributed by atoms with E-state index in [1.54, 1.807) is 30.3 Å². The van der Waals surface area contributed by atoms with Gasteiger partial charge in [0.05, 0.1) is 16.7 Å². The van der Waals surface area contributed by atoms with Gasteiger partial charge in [0.1, 0.15) is 0 Å². The van der Waals surface area contributed by atoms with Gasteiger partial charge in [-0.1, -0.05) is 35.9 Å². The van der Waals surface area contributed by atoms with Crippen LogP contribution in [0.2, 0.25) is 5.02 Å². The third kappa shape index (κ3) is 4.61. The number of hydrogen-bond acceptors (Lipinski definition) is 3. The van der Waals surface area contributed by atoms with E-state index in [2.05, 4.69) is 4.72 Å². The molecule has 1 atom stereocenters. The Morgan fingerprint density at radius 3 is 2.55 bits per heavy atom. The quantitative estimate of drug-likeness (QED) is 0.805. The molecule has 2 aromatic carbocycles. The smallest absolute Gasteiger partial charge is 0.0963 e.